The fourth-order valence-electron chi connectivity index (χ4n) is 4.47. The van der Waals surface area contributed by atoms with E-state index in [9.17, 15) is 0 Å². The molecule has 27 heavy (non-hydrogen) atoms. The van der Waals surface area contributed by atoms with Crippen LogP contribution in [0.2, 0.25) is 0 Å². The second kappa shape index (κ2) is 15.8. The SMILES string of the molecule is CC[NH2+]C[C@@H]1C[C@H]1C[NH2+]C[C@H]1C[C@@H]1C[NH2+]C[C@H]1C[C@@H]1C[NH2+]CC.[Cl-].[Cl-].[Cl-].[Cl-]. The Kier molecular flexibility index (Phi) is 17.7. The summed E-state index contributed by atoms with van der Waals surface area (Å²) in [6.07, 6.45) is 4.53. The van der Waals surface area contributed by atoms with Crippen molar-refractivity contribution in [1.82, 2.24) is 0 Å². The molecule has 0 aromatic heterocycles. The largest absolute Gasteiger partial charge is 1.00 e. The molecule has 0 aromatic rings. The van der Waals surface area contributed by atoms with Crippen LogP contribution in [0.1, 0.15) is 33.1 Å². The van der Waals surface area contributed by atoms with Gasteiger partial charge < -0.3 is 70.9 Å². The monoisotopic (exact) mass is 466 g/mol. The quantitative estimate of drug-likeness (QED) is 0.196. The fraction of sp³-hybridized carbons (Fsp3) is 1.00. The number of halogens is 4. The standard InChI is InChI=1S/C19H38N4.4ClH/c1-3-20-8-14-5-16(14)10-22-12-18-7-19(18)13-23-11-17-6-15(17)9-21-4-2;;;;/h14-23H,3-13H2,1-2H3;4*1H/t14-,15+,16-,17+,18-,19-;;;;/m1..../s1. The second-order valence-electron chi connectivity index (χ2n) is 8.65. The van der Waals surface area contributed by atoms with Crippen LogP contribution in [0.3, 0.4) is 0 Å². The highest BCUT2D eigenvalue weighted by Crippen LogP contribution is 2.38. The van der Waals surface area contributed by atoms with Crippen molar-refractivity contribution in [2.45, 2.75) is 33.1 Å². The molecule has 3 saturated carbocycles. The molecule has 4 nitrogen and oxygen atoms in total. The maximum Gasteiger partial charge on any atom is 0.0789 e. The number of quaternary nitrogens is 4. The molecule has 0 saturated heterocycles. The van der Waals surface area contributed by atoms with Gasteiger partial charge in [-0.25, -0.2) is 0 Å². The van der Waals surface area contributed by atoms with Crippen LogP contribution in [0.4, 0.5) is 0 Å². The van der Waals surface area contributed by atoms with Crippen molar-refractivity contribution in [2.75, 3.05) is 52.4 Å². The van der Waals surface area contributed by atoms with Crippen LogP contribution < -0.4 is 70.9 Å². The molecule has 3 aliphatic rings. The predicted octanol–water partition coefficient (Wildman–Crippen LogP) is -14.8. The van der Waals surface area contributed by atoms with Crippen LogP contribution in [0.15, 0.2) is 0 Å². The maximum absolute atomic E-state index is 2.64. The lowest BCUT2D eigenvalue weighted by atomic mass is 10.2. The summed E-state index contributed by atoms with van der Waals surface area (Å²) < 4.78 is 0. The molecule has 0 amide bonds. The van der Waals surface area contributed by atoms with Gasteiger partial charge in [-0.3, -0.25) is 0 Å². The van der Waals surface area contributed by atoms with Crippen molar-refractivity contribution in [2.24, 2.45) is 35.5 Å². The van der Waals surface area contributed by atoms with Gasteiger partial charge in [-0.15, -0.1) is 0 Å². The summed E-state index contributed by atoms with van der Waals surface area (Å²) in [5.74, 6) is 6.29. The highest BCUT2D eigenvalue weighted by atomic mass is 35.5. The lowest BCUT2D eigenvalue weighted by Gasteiger charge is -2.02. The minimum Gasteiger partial charge on any atom is -1.00 e. The normalized spacial score (nSPS) is 32.2. The summed E-state index contributed by atoms with van der Waals surface area (Å²) in [5, 5.41) is 10.2. The van der Waals surface area contributed by atoms with Gasteiger partial charge in [0.25, 0.3) is 0 Å². The predicted molar refractivity (Wildman–Crippen MR) is 92.8 cm³/mol. The van der Waals surface area contributed by atoms with E-state index < -0.39 is 0 Å². The zero-order valence-corrected chi connectivity index (χ0v) is 20.1. The summed E-state index contributed by atoms with van der Waals surface area (Å²) in [6, 6.07) is 0. The van der Waals surface area contributed by atoms with Crippen LogP contribution in [0.5, 0.6) is 0 Å². The molecule has 166 valence electrons. The van der Waals surface area contributed by atoms with Crippen LogP contribution in [0, 0.1) is 35.5 Å². The van der Waals surface area contributed by atoms with Gasteiger partial charge in [-0.05, 0) is 33.1 Å². The Labute approximate surface area is 191 Å². The number of hydrogen-bond donors (Lipinski definition) is 4. The molecule has 0 spiro atoms. The van der Waals surface area contributed by atoms with Crippen molar-refractivity contribution in [1.29, 1.82) is 0 Å². The van der Waals surface area contributed by atoms with Crippen molar-refractivity contribution >= 4 is 0 Å². The Bertz CT molecular complexity index is 333. The molecular weight excluding hydrogens is 426 g/mol. The summed E-state index contributed by atoms with van der Waals surface area (Å²) >= 11 is 0. The van der Waals surface area contributed by atoms with Crippen molar-refractivity contribution in [3.8, 4) is 0 Å². The van der Waals surface area contributed by atoms with Gasteiger partial charge in [0.1, 0.15) is 0 Å². The zero-order valence-electron chi connectivity index (χ0n) is 17.1. The third-order valence-electron chi connectivity index (χ3n) is 6.60. The number of rotatable bonds is 14. The van der Waals surface area contributed by atoms with Gasteiger partial charge in [-0.2, -0.15) is 0 Å². The van der Waals surface area contributed by atoms with E-state index >= 15 is 0 Å². The van der Waals surface area contributed by atoms with Gasteiger partial charge >= 0.3 is 0 Å². The average Bonchev–Trinajstić information content (AvgIpc) is 3.43. The molecule has 0 aliphatic heterocycles. The third-order valence-corrected chi connectivity index (χ3v) is 6.60. The molecule has 0 bridgehead atoms. The van der Waals surface area contributed by atoms with E-state index in [0.29, 0.717) is 0 Å². The van der Waals surface area contributed by atoms with E-state index in [1.807, 2.05) is 0 Å². The minimum atomic E-state index is 0. The average molecular weight is 468 g/mol. The van der Waals surface area contributed by atoms with Crippen LogP contribution in [-0.2, 0) is 0 Å². The molecule has 3 fully saturated rings. The summed E-state index contributed by atoms with van der Waals surface area (Å²) in [4.78, 5) is 0. The van der Waals surface area contributed by atoms with E-state index in [1.54, 1.807) is 0 Å². The summed E-state index contributed by atoms with van der Waals surface area (Å²) in [6.45, 7) is 15.5. The smallest absolute Gasteiger partial charge is 0.0789 e. The Balaban J connectivity index is 0. The minimum absolute atomic E-state index is 0. The molecule has 3 aliphatic carbocycles. The van der Waals surface area contributed by atoms with Crippen molar-refractivity contribution in [3.63, 3.8) is 0 Å². The van der Waals surface area contributed by atoms with Crippen LogP contribution >= 0.6 is 0 Å². The van der Waals surface area contributed by atoms with E-state index in [-0.39, 0.29) is 49.6 Å². The highest BCUT2D eigenvalue weighted by molar-refractivity contribution is 4.87. The van der Waals surface area contributed by atoms with E-state index in [1.165, 1.54) is 71.6 Å². The van der Waals surface area contributed by atoms with Gasteiger partial charge in [-0.1, -0.05) is 0 Å². The molecule has 0 heterocycles. The topological polar surface area (TPSA) is 66.4 Å². The van der Waals surface area contributed by atoms with Gasteiger partial charge in [0.2, 0.25) is 0 Å². The highest BCUT2D eigenvalue weighted by Gasteiger charge is 2.44. The van der Waals surface area contributed by atoms with Crippen LogP contribution in [-0.4, -0.2) is 52.4 Å². The lowest BCUT2D eigenvalue weighted by molar-refractivity contribution is -0.672. The lowest BCUT2D eigenvalue weighted by Crippen LogP contribution is -3.00. The summed E-state index contributed by atoms with van der Waals surface area (Å²) in [5.41, 5.74) is 0. The first kappa shape index (κ1) is 30.2. The molecule has 3 rings (SSSR count). The molecule has 0 radical (unpaired) electrons. The Hall–Kier alpha value is 1.00. The first-order chi connectivity index (χ1) is 11.3. The van der Waals surface area contributed by atoms with Crippen molar-refractivity contribution < 1.29 is 70.9 Å². The Morgan fingerprint density at radius 3 is 0.889 bits per heavy atom. The van der Waals surface area contributed by atoms with Gasteiger partial charge in [0.05, 0.1) is 52.4 Å². The Morgan fingerprint density at radius 1 is 0.444 bits per heavy atom. The number of nitrogens with two attached hydrogens (primary N) is 4. The van der Waals surface area contributed by atoms with Gasteiger partial charge in [0, 0.05) is 35.5 Å². The third kappa shape index (κ3) is 11.1. The first-order valence-corrected chi connectivity index (χ1v) is 10.6. The Morgan fingerprint density at radius 2 is 0.667 bits per heavy atom. The number of hydrogen-bond acceptors (Lipinski definition) is 0. The molecular formula is C19H42Cl4N4. The van der Waals surface area contributed by atoms with E-state index in [4.69, 9.17) is 0 Å². The maximum atomic E-state index is 2.64. The van der Waals surface area contributed by atoms with E-state index in [0.717, 1.165) is 35.5 Å². The summed E-state index contributed by atoms with van der Waals surface area (Å²) in [7, 11) is 0. The van der Waals surface area contributed by atoms with Crippen molar-refractivity contribution in [3.05, 3.63) is 0 Å². The zero-order chi connectivity index (χ0) is 16.1. The second-order valence-corrected chi connectivity index (χ2v) is 8.65. The molecule has 6 atom stereocenters. The fourth-order valence-corrected chi connectivity index (χ4v) is 4.47. The van der Waals surface area contributed by atoms with E-state index in [2.05, 4.69) is 35.1 Å². The molecule has 8 heteroatoms. The van der Waals surface area contributed by atoms with Gasteiger partial charge in [0.15, 0.2) is 0 Å². The molecule has 0 unspecified atom stereocenters. The molecule has 0 aromatic carbocycles. The van der Waals surface area contributed by atoms with Crippen LogP contribution in [0.25, 0.3) is 0 Å². The first-order valence-electron chi connectivity index (χ1n) is 10.6. The molecule has 8 N–H and O–H groups in total.